The lowest BCUT2D eigenvalue weighted by atomic mass is 10.00. The van der Waals surface area contributed by atoms with Crippen molar-refractivity contribution in [2.24, 2.45) is 0 Å². The van der Waals surface area contributed by atoms with E-state index in [0.29, 0.717) is 30.5 Å². The van der Waals surface area contributed by atoms with Crippen molar-refractivity contribution in [2.45, 2.75) is 55.8 Å². The summed E-state index contributed by atoms with van der Waals surface area (Å²) in [5.41, 5.74) is 2.15. The number of carbonyl (C=O) groups is 1. The first-order chi connectivity index (χ1) is 16.1. The van der Waals surface area contributed by atoms with E-state index in [2.05, 4.69) is 15.2 Å². The van der Waals surface area contributed by atoms with Crippen LogP contribution >= 0.6 is 0 Å². The van der Waals surface area contributed by atoms with Gasteiger partial charge in [-0.15, -0.1) is 0 Å². The van der Waals surface area contributed by atoms with Gasteiger partial charge in [0.1, 0.15) is 17.6 Å². The summed E-state index contributed by atoms with van der Waals surface area (Å²) >= 11 is 0. The van der Waals surface area contributed by atoms with E-state index in [1.807, 2.05) is 13.0 Å². The first-order valence-electron chi connectivity index (χ1n) is 11.5. The molecule has 1 unspecified atom stereocenters. The number of nitrogens with zero attached hydrogens (tertiary/aromatic N) is 3. The number of pyridine rings is 1. The van der Waals surface area contributed by atoms with Crippen molar-refractivity contribution in [3.05, 3.63) is 30.5 Å². The second-order valence-electron chi connectivity index (χ2n) is 8.96. The molecule has 1 fully saturated rings. The molecule has 4 rings (SSSR count). The SMILES string of the molecule is COc1ccc(S(=O)(=O)C(C)C)cc1Nc1cc2c(cn1)N(C)C(=O)C(C)N2C1CCOCC1. The third-order valence-electron chi connectivity index (χ3n) is 6.57. The number of likely N-dealkylation sites (N-methyl/N-ethyl adjacent to an activating group) is 1. The fraction of sp³-hybridized carbons (Fsp3) is 0.500. The Balaban J connectivity index is 1.74. The Morgan fingerprint density at radius 1 is 1.18 bits per heavy atom. The molecule has 1 aromatic carbocycles. The van der Waals surface area contributed by atoms with Crippen LogP contribution in [0, 0.1) is 0 Å². The zero-order valence-electron chi connectivity index (χ0n) is 20.2. The number of hydrogen-bond donors (Lipinski definition) is 1. The van der Waals surface area contributed by atoms with Crippen molar-refractivity contribution in [1.82, 2.24) is 4.98 Å². The Morgan fingerprint density at radius 3 is 2.53 bits per heavy atom. The van der Waals surface area contributed by atoms with Crippen molar-refractivity contribution >= 4 is 38.6 Å². The summed E-state index contributed by atoms with van der Waals surface area (Å²) in [7, 11) is -0.160. The highest BCUT2D eigenvalue weighted by molar-refractivity contribution is 7.92. The van der Waals surface area contributed by atoms with E-state index in [9.17, 15) is 13.2 Å². The van der Waals surface area contributed by atoms with Crippen molar-refractivity contribution in [1.29, 1.82) is 0 Å². The fourth-order valence-electron chi connectivity index (χ4n) is 4.55. The third-order valence-corrected chi connectivity index (χ3v) is 8.73. The molecule has 2 aliphatic heterocycles. The predicted octanol–water partition coefficient (Wildman–Crippen LogP) is 3.37. The van der Waals surface area contributed by atoms with E-state index in [4.69, 9.17) is 9.47 Å². The highest BCUT2D eigenvalue weighted by Crippen LogP contribution is 2.40. The lowest BCUT2D eigenvalue weighted by Gasteiger charge is -2.45. The maximum Gasteiger partial charge on any atom is 0.249 e. The number of rotatable bonds is 6. The average molecular weight is 489 g/mol. The monoisotopic (exact) mass is 488 g/mol. The van der Waals surface area contributed by atoms with Crippen molar-refractivity contribution in [3.63, 3.8) is 0 Å². The van der Waals surface area contributed by atoms with Crippen molar-refractivity contribution in [2.75, 3.05) is 42.5 Å². The van der Waals surface area contributed by atoms with Gasteiger partial charge in [0.05, 0.1) is 40.5 Å². The molecule has 0 aliphatic carbocycles. The van der Waals surface area contributed by atoms with Gasteiger partial charge < -0.3 is 24.6 Å². The predicted molar refractivity (Wildman–Crippen MR) is 132 cm³/mol. The molecule has 0 saturated carbocycles. The van der Waals surface area contributed by atoms with Crippen molar-refractivity contribution in [3.8, 4) is 5.75 Å². The second kappa shape index (κ2) is 9.42. The Hall–Kier alpha value is -2.85. The van der Waals surface area contributed by atoms with E-state index >= 15 is 0 Å². The van der Waals surface area contributed by atoms with Gasteiger partial charge in [-0.3, -0.25) is 4.79 Å². The van der Waals surface area contributed by atoms with E-state index in [1.165, 1.54) is 7.11 Å². The summed E-state index contributed by atoms with van der Waals surface area (Å²) < 4.78 is 36.4. The van der Waals surface area contributed by atoms with Crippen LogP contribution in [0.15, 0.2) is 35.4 Å². The van der Waals surface area contributed by atoms with Gasteiger partial charge in [0.15, 0.2) is 9.84 Å². The molecule has 1 aromatic heterocycles. The molecule has 1 N–H and O–H groups in total. The lowest BCUT2D eigenvalue weighted by molar-refractivity contribution is -0.119. The maximum atomic E-state index is 12.9. The zero-order chi connectivity index (χ0) is 24.6. The maximum absolute atomic E-state index is 12.9. The van der Waals surface area contributed by atoms with Crippen LogP contribution in [0.2, 0.25) is 0 Å². The minimum absolute atomic E-state index is 0.0229. The molecule has 2 aromatic rings. The second-order valence-corrected chi connectivity index (χ2v) is 11.5. The summed E-state index contributed by atoms with van der Waals surface area (Å²) in [5.74, 6) is 1.06. The van der Waals surface area contributed by atoms with Crippen LogP contribution in [0.5, 0.6) is 5.75 Å². The van der Waals surface area contributed by atoms with E-state index in [0.717, 1.165) is 24.2 Å². The number of aromatic nitrogens is 1. The highest BCUT2D eigenvalue weighted by Gasteiger charge is 2.38. The van der Waals surface area contributed by atoms with E-state index in [-0.39, 0.29) is 22.9 Å². The number of anilines is 4. The van der Waals surface area contributed by atoms with Gasteiger partial charge in [0, 0.05) is 32.4 Å². The number of hydrogen-bond acceptors (Lipinski definition) is 8. The number of sulfone groups is 1. The van der Waals surface area contributed by atoms with Crippen LogP contribution in [-0.4, -0.2) is 64.0 Å². The van der Waals surface area contributed by atoms with Crippen LogP contribution < -0.4 is 19.9 Å². The van der Waals surface area contributed by atoms with Crippen LogP contribution in [0.25, 0.3) is 0 Å². The number of benzene rings is 1. The number of nitrogens with one attached hydrogen (secondary N) is 1. The average Bonchev–Trinajstić information content (AvgIpc) is 2.83. The molecule has 0 bridgehead atoms. The molecule has 3 heterocycles. The molecular weight excluding hydrogens is 456 g/mol. The minimum Gasteiger partial charge on any atom is -0.495 e. The first kappa shape index (κ1) is 24.3. The number of carbonyl (C=O) groups excluding carboxylic acids is 1. The zero-order valence-corrected chi connectivity index (χ0v) is 21.1. The van der Waals surface area contributed by atoms with Crippen LogP contribution in [0.4, 0.5) is 22.9 Å². The molecule has 1 amide bonds. The van der Waals surface area contributed by atoms with Gasteiger partial charge in [-0.1, -0.05) is 0 Å². The largest absolute Gasteiger partial charge is 0.495 e. The van der Waals surface area contributed by atoms with Gasteiger partial charge in [0.25, 0.3) is 0 Å². The van der Waals surface area contributed by atoms with E-state index < -0.39 is 15.1 Å². The van der Waals surface area contributed by atoms with Gasteiger partial charge in [0.2, 0.25) is 5.91 Å². The Kier molecular flexibility index (Phi) is 6.73. The Bertz CT molecular complexity index is 1180. The van der Waals surface area contributed by atoms with Gasteiger partial charge in [-0.25, -0.2) is 13.4 Å². The van der Waals surface area contributed by atoms with Crippen LogP contribution in [0.3, 0.4) is 0 Å². The van der Waals surface area contributed by atoms with Crippen LogP contribution in [0.1, 0.15) is 33.6 Å². The molecular formula is C24H32N4O5S. The molecule has 184 valence electrons. The smallest absolute Gasteiger partial charge is 0.249 e. The number of ether oxygens (including phenoxy) is 2. The summed E-state index contributed by atoms with van der Waals surface area (Å²) in [4.78, 5) is 21.5. The van der Waals surface area contributed by atoms with Gasteiger partial charge in [-0.2, -0.15) is 0 Å². The number of methoxy groups -OCH3 is 1. The lowest BCUT2D eigenvalue weighted by Crippen LogP contribution is -2.55. The van der Waals surface area contributed by atoms with Crippen LogP contribution in [-0.2, 0) is 19.4 Å². The Morgan fingerprint density at radius 2 is 1.88 bits per heavy atom. The molecule has 0 spiro atoms. The third kappa shape index (κ3) is 4.32. The quantitative estimate of drug-likeness (QED) is 0.661. The van der Waals surface area contributed by atoms with E-state index in [1.54, 1.807) is 50.2 Å². The Labute approximate surface area is 201 Å². The molecule has 10 heteroatoms. The summed E-state index contributed by atoms with van der Waals surface area (Å²) in [6.45, 7) is 6.56. The van der Waals surface area contributed by atoms with Gasteiger partial charge >= 0.3 is 0 Å². The summed E-state index contributed by atoms with van der Waals surface area (Å²) in [6, 6.07) is 6.54. The van der Waals surface area contributed by atoms with Crippen molar-refractivity contribution < 1.29 is 22.7 Å². The van der Waals surface area contributed by atoms with Gasteiger partial charge in [-0.05, 0) is 51.8 Å². The molecule has 1 saturated heterocycles. The first-order valence-corrected chi connectivity index (χ1v) is 13.0. The minimum atomic E-state index is -3.46. The molecule has 1 atom stereocenters. The summed E-state index contributed by atoms with van der Waals surface area (Å²) in [6.07, 6.45) is 3.36. The number of fused-ring (bicyclic) bond motifs is 1. The molecule has 0 radical (unpaired) electrons. The standard InChI is InChI=1S/C24H32N4O5S/c1-15(2)34(30,31)18-6-7-22(32-5)19(12-18)26-23-13-20-21(14-25-23)27(4)24(29)16(3)28(20)17-8-10-33-11-9-17/h6-7,12-17H,8-11H2,1-5H3,(H,25,26). The normalized spacial score (nSPS) is 19.4. The molecule has 2 aliphatic rings. The fourth-order valence-corrected chi connectivity index (χ4v) is 5.63. The highest BCUT2D eigenvalue weighted by atomic mass is 32.2. The molecule has 9 nitrogen and oxygen atoms in total. The molecule has 34 heavy (non-hydrogen) atoms. The number of amides is 1. The topological polar surface area (TPSA) is 101 Å². The summed E-state index contributed by atoms with van der Waals surface area (Å²) in [5, 5.41) is 2.69.